The lowest BCUT2D eigenvalue weighted by Gasteiger charge is -2.35. The van der Waals surface area contributed by atoms with Crippen molar-refractivity contribution in [3.05, 3.63) is 47.8 Å². The highest BCUT2D eigenvalue weighted by atomic mass is 16.5. The van der Waals surface area contributed by atoms with Crippen molar-refractivity contribution in [2.24, 2.45) is 0 Å². The molecule has 1 N–H and O–H groups in total. The Morgan fingerprint density at radius 1 is 1.26 bits per heavy atom. The van der Waals surface area contributed by atoms with E-state index in [4.69, 9.17) is 4.74 Å². The molecule has 1 saturated heterocycles. The van der Waals surface area contributed by atoms with E-state index in [1.165, 1.54) is 5.56 Å². The standard InChI is InChI=1S/C17H24N4O2/c1-20(14-17(22)7-9-23-10-8-17)13-16-11-18-19-21(16)12-15-5-3-2-4-6-15/h2-6,11,22H,7-10,12-14H2,1H3. The summed E-state index contributed by atoms with van der Waals surface area (Å²) in [7, 11) is 2.02. The molecule has 3 rings (SSSR count). The van der Waals surface area contributed by atoms with Crippen LogP contribution in [0, 0.1) is 0 Å². The fourth-order valence-corrected chi connectivity index (χ4v) is 3.04. The first kappa shape index (κ1) is 16.1. The molecule has 1 aliphatic rings. The zero-order valence-electron chi connectivity index (χ0n) is 13.6. The number of benzene rings is 1. The molecular weight excluding hydrogens is 292 g/mol. The average Bonchev–Trinajstić information content (AvgIpc) is 2.95. The SMILES string of the molecule is CN(Cc1cnnn1Cc1ccccc1)CC1(O)CCOCC1. The van der Waals surface area contributed by atoms with Crippen molar-refractivity contribution in [1.29, 1.82) is 0 Å². The number of nitrogens with zero attached hydrogens (tertiary/aromatic N) is 4. The Morgan fingerprint density at radius 2 is 2.00 bits per heavy atom. The van der Waals surface area contributed by atoms with E-state index in [0.717, 1.165) is 5.69 Å². The zero-order chi connectivity index (χ0) is 16.1. The van der Waals surface area contributed by atoms with Gasteiger partial charge in [-0.05, 0) is 12.6 Å². The molecule has 0 spiro atoms. The summed E-state index contributed by atoms with van der Waals surface area (Å²) in [5.41, 5.74) is 1.60. The molecule has 23 heavy (non-hydrogen) atoms. The van der Waals surface area contributed by atoms with Gasteiger partial charge in [0.25, 0.3) is 0 Å². The predicted octanol–water partition coefficient (Wildman–Crippen LogP) is 1.30. The van der Waals surface area contributed by atoms with Gasteiger partial charge in [0.1, 0.15) is 0 Å². The van der Waals surface area contributed by atoms with Crippen LogP contribution < -0.4 is 0 Å². The van der Waals surface area contributed by atoms with Crippen molar-refractivity contribution in [2.75, 3.05) is 26.8 Å². The van der Waals surface area contributed by atoms with Crippen molar-refractivity contribution in [1.82, 2.24) is 19.9 Å². The van der Waals surface area contributed by atoms with Crippen LogP contribution in [0.1, 0.15) is 24.1 Å². The number of ether oxygens (including phenoxy) is 1. The van der Waals surface area contributed by atoms with Gasteiger partial charge in [0.2, 0.25) is 0 Å². The summed E-state index contributed by atoms with van der Waals surface area (Å²) >= 11 is 0. The lowest BCUT2D eigenvalue weighted by molar-refractivity contribution is -0.0779. The maximum absolute atomic E-state index is 10.6. The number of hydrogen-bond donors (Lipinski definition) is 1. The van der Waals surface area contributed by atoms with Gasteiger partial charge in [0.15, 0.2) is 0 Å². The second kappa shape index (κ2) is 7.21. The normalized spacial score (nSPS) is 17.5. The Bertz CT molecular complexity index is 608. The van der Waals surface area contributed by atoms with Gasteiger partial charge in [-0.15, -0.1) is 5.10 Å². The monoisotopic (exact) mass is 316 g/mol. The Balaban J connectivity index is 1.61. The Hall–Kier alpha value is -1.76. The lowest BCUT2D eigenvalue weighted by atomic mass is 9.94. The van der Waals surface area contributed by atoms with Crippen LogP contribution in [0.5, 0.6) is 0 Å². The van der Waals surface area contributed by atoms with Gasteiger partial charge < -0.3 is 9.84 Å². The van der Waals surface area contributed by atoms with Gasteiger partial charge in [-0.25, -0.2) is 4.68 Å². The Kier molecular flexibility index (Phi) is 5.05. The second-order valence-corrected chi connectivity index (χ2v) is 6.38. The van der Waals surface area contributed by atoms with Gasteiger partial charge in [0.05, 0.1) is 24.0 Å². The molecule has 1 aliphatic heterocycles. The number of likely N-dealkylation sites (N-methyl/N-ethyl adjacent to an activating group) is 1. The molecular formula is C17H24N4O2. The van der Waals surface area contributed by atoms with Crippen LogP contribution in [0.2, 0.25) is 0 Å². The van der Waals surface area contributed by atoms with E-state index in [0.29, 0.717) is 45.7 Å². The van der Waals surface area contributed by atoms with Crippen LogP contribution in [0.25, 0.3) is 0 Å². The summed E-state index contributed by atoms with van der Waals surface area (Å²) in [6, 6.07) is 10.2. The van der Waals surface area contributed by atoms with Crippen molar-refractivity contribution in [2.45, 2.75) is 31.5 Å². The first-order chi connectivity index (χ1) is 11.1. The fourth-order valence-electron chi connectivity index (χ4n) is 3.04. The molecule has 0 saturated carbocycles. The van der Waals surface area contributed by atoms with Gasteiger partial charge in [-0.3, -0.25) is 4.90 Å². The molecule has 2 aromatic rings. The number of aromatic nitrogens is 3. The summed E-state index contributed by atoms with van der Waals surface area (Å²) in [5.74, 6) is 0. The van der Waals surface area contributed by atoms with Crippen LogP contribution in [0.3, 0.4) is 0 Å². The first-order valence-electron chi connectivity index (χ1n) is 8.05. The minimum atomic E-state index is -0.648. The quantitative estimate of drug-likeness (QED) is 0.870. The van der Waals surface area contributed by atoms with E-state index in [-0.39, 0.29) is 0 Å². The summed E-state index contributed by atoms with van der Waals surface area (Å²) in [6.07, 6.45) is 3.19. The Morgan fingerprint density at radius 3 is 2.74 bits per heavy atom. The highest BCUT2D eigenvalue weighted by molar-refractivity contribution is 5.15. The molecule has 6 nitrogen and oxygen atoms in total. The fraction of sp³-hybridized carbons (Fsp3) is 0.529. The molecule has 0 aliphatic carbocycles. The van der Waals surface area contributed by atoms with Crippen molar-refractivity contribution in [3.8, 4) is 0 Å². The number of rotatable bonds is 6. The van der Waals surface area contributed by atoms with Crippen molar-refractivity contribution >= 4 is 0 Å². The van der Waals surface area contributed by atoms with E-state index in [1.54, 1.807) is 6.20 Å². The molecule has 0 amide bonds. The van der Waals surface area contributed by atoms with E-state index >= 15 is 0 Å². The molecule has 0 radical (unpaired) electrons. The van der Waals surface area contributed by atoms with Crippen LogP contribution in [0.4, 0.5) is 0 Å². The molecule has 2 heterocycles. The van der Waals surface area contributed by atoms with Crippen LogP contribution in [0.15, 0.2) is 36.5 Å². The molecule has 124 valence electrons. The lowest BCUT2D eigenvalue weighted by Crippen LogP contribution is -2.45. The summed E-state index contributed by atoms with van der Waals surface area (Å²) in [5, 5.41) is 18.8. The highest BCUT2D eigenvalue weighted by Crippen LogP contribution is 2.21. The Labute approximate surface area is 136 Å². The van der Waals surface area contributed by atoms with Crippen LogP contribution in [-0.4, -0.2) is 57.4 Å². The summed E-state index contributed by atoms with van der Waals surface area (Å²) in [6.45, 7) is 3.33. The van der Waals surface area contributed by atoms with Gasteiger partial charge >= 0.3 is 0 Å². The minimum absolute atomic E-state index is 0.632. The number of aliphatic hydroxyl groups is 1. The highest BCUT2D eigenvalue weighted by Gasteiger charge is 2.31. The zero-order valence-corrected chi connectivity index (χ0v) is 13.6. The maximum atomic E-state index is 10.6. The van der Waals surface area contributed by atoms with Crippen LogP contribution in [-0.2, 0) is 17.8 Å². The molecule has 0 unspecified atom stereocenters. The minimum Gasteiger partial charge on any atom is -0.388 e. The molecule has 6 heteroatoms. The summed E-state index contributed by atoms with van der Waals surface area (Å²) in [4.78, 5) is 2.13. The van der Waals surface area contributed by atoms with E-state index < -0.39 is 5.60 Å². The predicted molar refractivity (Wildman–Crippen MR) is 86.9 cm³/mol. The van der Waals surface area contributed by atoms with Gasteiger partial charge in [0, 0.05) is 39.1 Å². The maximum Gasteiger partial charge on any atom is 0.0817 e. The third-order valence-electron chi connectivity index (χ3n) is 4.29. The van der Waals surface area contributed by atoms with Gasteiger partial charge in [-0.2, -0.15) is 0 Å². The summed E-state index contributed by atoms with van der Waals surface area (Å²) < 4.78 is 7.25. The van der Waals surface area contributed by atoms with E-state index in [9.17, 15) is 5.11 Å². The smallest absolute Gasteiger partial charge is 0.0817 e. The molecule has 1 aromatic carbocycles. The van der Waals surface area contributed by atoms with Crippen molar-refractivity contribution in [3.63, 3.8) is 0 Å². The molecule has 1 aromatic heterocycles. The van der Waals surface area contributed by atoms with Crippen LogP contribution >= 0.6 is 0 Å². The third kappa shape index (κ3) is 4.37. The average molecular weight is 316 g/mol. The first-order valence-corrected chi connectivity index (χ1v) is 8.05. The molecule has 0 bridgehead atoms. The topological polar surface area (TPSA) is 63.4 Å². The molecule has 0 atom stereocenters. The molecule has 1 fully saturated rings. The van der Waals surface area contributed by atoms with Crippen molar-refractivity contribution < 1.29 is 9.84 Å². The third-order valence-corrected chi connectivity index (χ3v) is 4.29. The number of hydrogen-bond acceptors (Lipinski definition) is 5. The largest absolute Gasteiger partial charge is 0.388 e. The second-order valence-electron chi connectivity index (χ2n) is 6.38. The van der Waals surface area contributed by atoms with E-state index in [2.05, 4.69) is 27.3 Å². The van der Waals surface area contributed by atoms with Gasteiger partial charge in [-0.1, -0.05) is 35.5 Å². The van der Waals surface area contributed by atoms with E-state index in [1.807, 2.05) is 29.9 Å².